The van der Waals surface area contributed by atoms with Crippen LogP contribution in [-0.2, 0) is 10.5 Å². The largest absolute Gasteiger partial charge is 0.497 e. The van der Waals surface area contributed by atoms with Crippen molar-refractivity contribution < 1.29 is 18.8 Å². The lowest BCUT2D eigenvalue weighted by Gasteiger charge is -2.11. The van der Waals surface area contributed by atoms with Gasteiger partial charge in [0, 0.05) is 11.6 Å². The number of carbonyl (C=O) groups is 1. The van der Waals surface area contributed by atoms with Gasteiger partial charge in [0.05, 0.1) is 31.4 Å². The van der Waals surface area contributed by atoms with Crippen LogP contribution < -0.4 is 14.8 Å². The van der Waals surface area contributed by atoms with Crippen molar-refractivity contribution in [1.29, 1.82) is 0 Å². The number of hydrogen-bond acceptors (Lipinski definition) is 7. The van der Waals surface area contributed by atoms with E-state index in [4.69, 9.17) is 14.0 Å². The predicted molar refractivity (Wildman–Crippen MR) is 104 cm³/mol. The van der Waals surface area contributed by atoms with Gasteiger partial charge in [-0.05, 0) is 12.1 Å². The smallest absolute Gasteiger partial charge is 0.236 e. The number of rotatable bonds is 8. The highest BCUT2D eigenvalue weighted by atomic mass is 32.2. The molecule has 0 bridgehead atoms. The molecule has 0 fully saturated rings. The summed E-state index contributed by atoms with van der Waals surface area (Å²) in [5.74, 6) is 2.75. The highest BCUT2D eigenvalue weighted by Crippen LogP contribution is 2.29. The third-order valence-corrected chi connectivity index (χ3v) is 4.56. The lowest BCUT2D eigenvalue weighted by Crippen LogP contribution is -2.15. The maximum Gasteiger partial charge on any atom is 0.236 e. The van der Waals surface area contributed by atoms with Gasteiger partial charge in [-0.2, -0.15) is 4.98 Å². The number of ether oxygens (including phenoxy) is 2. The minimum atomic E-state index is -0.158. The number of carbonyl (C=O) groups excluding carboxylic acids is 1. The van der Waals surface area contributed by atoms with E-state index in [1.54, 1.807) is 32.4 Å². The highest BCUT2D eigenvalue weighted by molar-refractivity contribution is 7.99. The molecule has 0 spiro atoms. The highest BCUT2D eigenvalue weighted by Gasteiger charge is 2.12. The van der Waals surface area contributed by atoms with Crippen LogP contribution in [0, 0.1) is 0 Å². The molecule has 140 valence electrons. The second kappa shape index (κ2) is 9.09. The topological polar surface area (TPSA) is 86.5 Å². The van der Waals surface area contributed by atoms with Crippen LogP contribution in [-0.4, -0.2) is 36.0 Å². The van der Waals surface area contributed by atoms with Crippen molar-refractivity contribution in [3.8, 4) is 22.9 Å². The van der Waals surface area contributed by atoms with Gasteiger partial charge in [0.15, 0.2) is 0 Å². The minimum Gasteiger partial charge on any atom is -0.497 e. The molecule has 0 atom stereocenters. The number of thioether (sulfide) groups is 1. The average molecular weight is 385 g/mol. The van der Waals surface area contributed by atoms with E-state index in [1.807, 2.05) is 30.3 Å². The Morgan fingerprint density at radius 2 is 1.96 bits per heavy atom. The van der Waals surface area contributed by atoms with E-state index in [0.717, 1.165) is 5.56 Å². The van der Waals surface area contributed by atoms with Gasteiger partial charge in [0.1, 0.15) is 11.5 Å². The summed E-state index contributed by atoms with van der Waals surface area (Å²) in [6.45, 7) is 0. The fourth-order valence-electron chi connectivity index (χ4n) is 2.35. The summed E-state index contributed by atoms with van der Waals surface area (Å²) in [4.78, 5) is 16.5. The van der Waals surface area contributed by atoms with Gasteiger partial charge in [-0.25, -0.2) is 0 Å². The lowest BCUT2D eigenvalue weighted by atomic mass is 10.2. The molecule has 7 nitrogen and oxygen atoms in total. The molecular weight excluding hydrogens is 366 g/mol. The average Bonchev–Trinajstić information content (AvgIpc) is 3.17. The van der Waals surface area contributed by atoms with Crippen LogP contribution >= 0.6 is 11.8 Å². The summed E-state index contributed by atoms with van der Waals surface area (Å²) in [6.07, 6.45) is 0. The molecular formula is C19H19N3O4S. The van der Waals surface area contributed by atoms with E-state index in [9.17, 15) is 4.79 Å². The van der Waals surface area contributed by atoms with Crippen LogP contribution in [0.4, 0.5) is 5.69 Å². The van der Waals surface area contributed by atoms with Gasteiger partial charge in [0.25, 0.3) is 0 Å². The molecule has 1 amide bonds. The number of benzene rings is 2. The van der Waals surface area contributed by atoms with Crippen LogP contribution in [0.2, 0.25) is 0 Å². The third kappa shape index (κ3) is 5.01. The van der Waals surface area contributed by atoms with Crippen LogP contribution in [0.25, 0.3) is 11.4 Å². The number of hydrogen-bond donors (Lipinski definition) is 1. The molecule has 1 N–H and O–H groups in total. The molecule has 0 saturated carbocycles. The summed E-state index contributed by atoms with van der Waals surface area (Å²) in [6, 6.07) is 14.8. The molecule has 0 aliphatic rings. The van der Waals surface area contributed by atoms with Gasteiger partial charge in [-0.3, -0.25) is 4.79 Å². The Kier molecular flexibility index (Phi) is 6.32. The van der Waals surface area contributed by atoms with E-state index >= 15 is 0 Å². The Bertz CT molecular complexity index is 899. The molecule has 27 heavy (non-hydrogen) atoms. The van der Waals surface area contributed by atoms with Crippen molar-refractivity contribution in [3.63, 3.8) is 0 Å². The third-order valence-electron chi connectivity index (χ3n) is 3.64. The number of amides is 1. The first-order chi connectivity index (χ1) is 13.2. The molecule has 1 aromatic heterocycles. The predicted octanol–water partition coefficient (Wildman–Crippen LogP) is 3.63. The molecule has 0 saturated heterocycles. The fourth-order valence-corrected chi connectivity index (χ4v) is 3.00. The lowest BCUT2D eigenvalue weighted by molar-refractivity contribution is -0.113. The number of nitrogens with one attached hydrogen (secondary N) is 1. The van der Waals surface area contributed by atoms with Crippen molar-refractivity contribution in [2.45, 2.75) is 5.75 Å². The summed E-state index contributed by atoms with van der Waals surface area (Å²) < 4.78 is 15.7. The van der Waals surface area contributed by atoms with Gasteiger partial charge < -0.3 is 19.3 Å². The monoisotopic (exact) mass is 385 g/mol. The molecule has 3 aromatic rings. The van der Waals surface area contributed by atoms with Crippen LogP contribution in [0.5, 0.6) is 11.5 Å². The Labute approximate surface area is 161 Å². The number of aromatic nitrogens is 2. The first-order valence-corrected chi connectivity index (χ1v) is 9.32. The molecule has 0 unspecified atom stereocenters. The van der Waals surface area contributed by atoms with E-state index in [2.05, 4.69) is 15.5 Å². The fraction of sp³-hybridized carbons (Fsp3) is 0.211. The Hall–Kier alpha value is -3.00. The molecule has 3 rings (SSSR count). The van der Waals surface area contributed by atoms with Crippen LogP contribution in [0.3, 0.4) is 0 Å². The van der Waals surface area contributed by atoms with Gasteiger partial charge in [-0.15, -0.1) is 11.8 Å². The molecule has 0 aliphatic heterocycles. The van der Waals surface area contributed by atoms with Crippen molar-refractivity contribution in [2.24, 2.45) is 0 Å². The van der Waals surface area contributed by atoms with E-state index in [1.165, 1.54) is 11.8 Å². The maximum atomic E-state index is 12.2. The van der Waals surface area contributed by atoms with Crippen LogP contribution in [0.1, 0.15) is 5.89 Å². The summed E-state index contributed by atoms with van der Waals surface area (Å²) >= 11 is 1.39. The molecule has 2 aromatic carbocycles. The van der Waals surface area contributed by atoms with Gasteiger partial charge in [0.2, 0.25) is 17.6 Å². The Balaban J connectivity index is 1.52. The van der Waals surface area contributed by atoms with E-state index < -0.39 is 0 Å². The second-order valence-corrected chi connectivity index (χ2v) is 6.47. The first-order valence-electron chi connectivity index (χ1n) is 8.17. The standard InChI is InChI=1S/C19H19N3O4S/c1-24-14-8-9-16(25-2)15(10-14)20-17(23)11-27-12-18-21-19(22-26-18)13-6-4-3-5-7-13/h3-10H,11-12H2,1-2H3,(H,20,23). The second-order valence-electron chi connectivity index (χ2n) is 5.48. The van der Waals surface area contributed by atoms with E-state index in [0.29, 0.717) is 34.7 Å². The summed E-state index contributed by atoms with van der Waals surface area (Å²) in [7, 11) is 3.11. The van der Waals surface area contributed by atoms with Crippen molar-refractivity contribution in [3.05, 3.63) is 54.4 Å². The summed E-state index contributed by atoms with van der Waals surface area (Å²) in [5, 5.41) is 6.79. The molecule has 0 radical (unpaired) electrons. The number of nitrogens with zero attached hydrogens (tertiary/aromatic N) is 2. The number of methoxy groups -OCH3 is 2. The first kappa shape index (κ1) is 18.8. The van der Waals surface area contributed by atoms with Crippen molar-refractivity contribution in [1.82, 2.24) is 10.1 Å². The zero-order valence-corrected chi connectivity index (χ0v) is 15.8. The Morgan fingerprint density at radius 1 is 1.15 bits per heavy atom. The van der Waals surface area contributed by atoms with E-state index in [-0.39, 0.29) is 11.7 Å². The Morgan fingerprint density at radius 3 is 2.70 bits per heavy atom. The molecule has 0 aliphatic carbocycles. The van der Waals surface area contributed by atoms with Crippen molar-refractivity contribution in [2.75, 3.05) is 25.3 Å². The number of anilines is 1. The SMILES string of the molecule is COc1ccc(OC)c(NC(=O)CSCc2nc(-c3ccccc3)no2)c1. The van der Waals surface area contributed by atoms with Crippen LogP contribution in [0.15, 0.2) is 53.1 Å². The zero-order valence-electron chi connectivity index (χ0n) is 15.0. The van der Waals surface area contributed by atoms with Gasteiger partial charge >= 0.3 is 0 Å². The molecule has 1 heterocycles. The summed E-state index contributed by atoms with van der Waals surface area (Å²) in [5.41, 5.74) is 1.45. The normalized spacial score (nSPS) is 10.4. The van der Waals surface area contributed by atoms with Gasteiger partial charge in [-0.1, -0.05) is 35.5 Å². The zero-order chi connectivity index (χ0) is 19.1. The minimum absolute atomic E-state index is 0.158. The quantitative estimate of drug-likeness (QED) is 0.634. The molecule has 8 heteroatoms. The van der Waals surface area contributed by atoms with Crippen molar-refractivity contribution >= 4 is 23.4 Å². The maximum absolute atomic E-state index is 12.2.